The molecular formula is C18H25N3O4S. The van der Waals surface area contributed by atoms with Crippen molar-refractivity contribution < 1.29 is 18.0 Å². The van der Waals surface area contributed by atoms with E-state index in [1.54, 1.807) is 17.0 Å². The number of carbonyl (C=O) groups is 2. The summed E-state index contributed by atoms with van der Waals surface area (Å²) in [5, 5.41) is 0. The van der Waals surface area contributed by atoms with Crippen molar-refractivity contribution in [3.8, 4) is 0 Å². The Balaban J connectivity index is 1.67. The average molecular weight is 379 g/mol. The largest absolute Gasteiger partial charge is 0.369 e. The van der Waals surface area contributed by atoms with Gasteiger partial charge in [0.25, 0.3) is 5.91 Å². The van der Waals surface area contributed by atoms with E-state index < -0.39 is 10.0 Å². The van der Waals surface area contributed by atoms with Crippen LogP contribution in [0, 0.1) is 5.92 Å². The molecular weight excluding hydrogens is 354 g/mol. The molecule has 2 aliphatic rings. The Morgan fingerprint density at radius 3 is 2.04 bits per heavy atom. The van der Waals surface area contributed by atoms with Crippen molar-refractivity contribution in [2.24, 2.45) is 11.7 Å². The number of likely N-dealkylation sites (tertiary alicyclic amines) is 1. The molecule has 0 spiro atoms. The SMILES string of the molecule is NC(=O)C1CCN(C(=O)c2ccc(S(=O)(=O)N3CCCCC3)cc2)CC1. The van der Waals surface area contributed by atoms with Crippen LogP contribution in [0.2, 0.25) is 0 Å². The molecule has 1 aromatic rings. The third-order valence-electron chi connectivity index (χ3n) is 5.24. The fourth-order valence-corrected chi connectivity index (χ4v) is 5.09. The summed E-state index contributed by atoms with van der Waals surface area (Å²) < 4.78 is 26.8. The van der Waals surface area contributed by atoms with Gasteiger partial charge < -0.3 is 10.6 Å². The molecule has 2 heterocycles. The predicted molar refractivity (Wildman–Crippen MR) is 96.9 cm³/mol. The average Bonchev–Trinajstić information content (AvgIpc) is 2.68. The first-order valence-corrected chi connectivity index (χ1v) is 10.5. The Morgan fingerprint density at radius 2 is 1.50 bits per heavy atom. The van der Waals surface area contributed by atoms with E-state index in [2.05, 4.69) is 0 Å². The van der Waals surface area contributed by atoms with Crippen molar-refractivity contribution in [1.29, 1.82) is 0 Å². The minimum absolute atomic E-state index is 0.144. The minimum Gasteiger partial charge on any atom is -0.369 e. The van der Waals surface area contributed by atoms with E-state index in [0.29, 0.717) is 44.6 Å². The zero-order chi connectivity index (χ0) is 18.7. The van der Waals surface area contributed by atoms with Crippen molar-refractivity contribution >= 4 is 21.8 Å². The van der Waals surface area contributed by atoms with Crippen LogP contribution in [0.5, 0.6) is 0 Å². The number of nitrogens with zero attached hydrogens (tertiary/aromatic N) is 2. The normalized spacial score (nSPS) is 20.1. The monoisotopic (exact) mass is 379 g/mol. The number of sulfonamides is 1. The molecule has 0 saturated carbocycles. The second kappa shape index (κ2) is 7.75. The molecule has 0 unspecified atom stereocenters. The summed E-state index contributed by atoms with van der Waals surface area (Å²) in [6.45, 7) is 2.08. The van der Waals surface area contributed by atoms with Gasteiger partial charge in [-0.2, -0.15) is 4.31 Å². The Labute approximate surface area is 154 Å². The van der Waals surface area contributed by atoms with Crippen LogP contribution < -0.4 is 5.73 Å². The highest BCUT2D eigenvalue weighted by molar-refractivity contribution is 7.89. The van der Waals surface area contributed by atoms with Crippen LogP contribution in [0.3, 0.4) is 0 Å². The summed E-state index contributed by atoms with van der Waals surface area (Å²) in [6.07, 6.45) is 3.98. The molecule has 1 aromatic carbocycles. The predicted octanol–water partition coefficient (Wildman–Crippen LogP) is 1.20. The highest BCUT2D eigenvalue weighted by Crippen LogP contribution is 2.22. The maximum atomic E-state index is 12.7. The lowest BCUT2D eigenvalue weighted by Crippen LogP contribution is -2.41. The van der Waals surface area contributed by atoms with Crippen molar-refractivity contribution in [3.63, 3.8) is 0 Å². The first kappa shape index (κ1) is 18.8. The van der Waals surface area contributed by atoms with E-state index in [1.165, 1.54) is 16.4 Å². The highest BCUT2D eigenvalue weighted by Gasteiger charge is 2.28. The molecule has 3 rings (SSSR count). The molecule has 142 valence electrons. The number of nitrogens with two attached hydrogens (primary N) is 1. The van der Waals surface area contributed by atoms with Gasteiger partial charge in [0.1, 0.15) is 0 Å². The Morgan fingerprint density at radius 1 is 0.923 bits per heavy atom. The minimum atomic E-state index is -3.49. The third kappa shape index (κ3) is 3.91. The number of benzene rings is 1. The van der Waals surface area contributed by atoms with Gasteiger partial charge in [0, 0.05) is 37.7 Å². The maximum absolute atomic E-state index is 12.7. The first-order chi connectivity index (χ1) is 12.4. The zero-order valence-electron chi connectivity index (χ0n) is 14.8. The summed E-state index contributed by atoms with van der Waals surface area (Å²) in [4.78, 5) is 25.7. The molecule has 0 aliphatic carbocycles. The molecule has 2 aliphatic heterocycles. The molecule has 2 saturated heterocycles. The molecule has 2 N–H and O–H groups in total. The Kier molecular flexibility index (Phi) is 5.62. The van der Waals surface area contributed by atoms with Gasteiger partial charge in [-0.1, -0.05) is 6.42 Å². The molecule has 0 aromatic heterocycles. The summed E-state index contributed by atoms with van der Waals surface area (Å²) in [7, 11) is -3.49. The van der Waals surface area contributed by atoms with Crippen LogP contribution in [0.25, 0.3) is 0 Å². The zero-order valence-corrected chi connectivity index (χ0v) is 15.6. The lowest BCUT2D eigenvalue weighted by molar-refractivity contribution is -0.123. The first-order valence-electron chi connectivity index (χ1n) is 9.08. The third-order valence-corrected chi connectivity index (χ3v) is 7.15. The summed E-state index contributed by atoms with van der Waals surface area (Å²) >= 11 is 0. The van der Waals surface area contributed by atoms with Gasteiger partial charge in [0.15, 0.2) is 0 Å². The van der Waals surface area contributed by atoms with E-state index >= 15 is 0 Å². The van der Waals surface area contributed by atoms with E-state index in [0.717, 1.165) is 19.3 Å². The van der Waals surface area contributed by atoms with Gasteiger partial charge in [0.2, 0.25) is 15.9 Å². The van der Waals surface area contributed by atoms with Crippen molar-refractivity contribution in [3.05, 3.63) is 29.8 Å². The second-order valence-electron chi connectivity index (χ2n) is 6.96. The second-order valence-corrected chi connectivity index (χ2v) is 8.90. The van der Waals surface area contributed by atoms with E-state index in [4.69, 9.17) is 5.73 Å². The Bertz CT molecular complexity index is 762. The summed E-state index contributed by atoms with van der Waals surface area (Å²) in [5.41, 5.74) is 5.77. The molecule has 8 heteroatoms. The van der Waals surface area contributed by atoms with Crippen LogP contribution in [-0.2, 0) is 14.8 Å². The van der Waals surface area contributed by atoms with Crippen molar-refractivity contribution in [1.82, 2.24) is 9.21 Å². The van der Waals surface area contributed by atoms with Gasteiger partial charge in [-0.15, -0.1) is 0 Å². The molecule has 2 amide bonds. The molecule has 2 fully saturated rings. The Hall–Kier alpha value is -1.93. The van der Waals surface area contributed by atoms with Gasteiger partial charge in [-0.25, -0.2) is 8.42 Å². The number of amides is 2. The van der Waals surface area contributed by atoms with E-state index in [1.807, 2.05) is 0 Å². The molecule has 0 atom stereocenters. The van der Waals surface area contributed by atoms with Crippen molar-refractivity contribution in [2.45, 2.75) is 37.0 Å². The number of hydrogen-bond acceptors (Lipinski definition) is 4. The molecule has 0 radical (unpaired) electrons. The maximum Gasteiger partial charge on any atom is 0.253 e. The fourth-order valence-electron chi connectivity index (χ4n) is 3.57. The topological polar surface area (TPSA) is 101 Å². The van der Waals surface area contributed by atoms with Gasteiger partial charge in [-0.3, -0.25) is 9.59 Å². The van der Waals surface area contributed by atoms with Crippen LogP contribution in [0.4, 0.5) is 0 Å². The summed E-state index contributed by atoms with van der Waals surface area (Å²) in [6, 6.07) is 6.15. The van der Waals surface area contributed by atoms with E-state index in [9.17, 15) is 18.0 Å². The van der Waals surface area contributed by atoms with Gasteiger partial charge in [-0.05, 0) is 49.9 Å². The fraction of sp³-hybridized carbons (Fsp3) is 0.556. The number of primary amides is 1. The number of carbonyl (C=O) groups excluding carboxylic acids is 2. The highest BCUT2D eigenvalue weighted by atomic mass is 32.2. The lowest BCUT2D eigenvalue weighted by atomic mass is 9.96. The number of hydrogen-bond donors (Lipinski definition) is 1. The van der Waals surface area contributed by atoms with E-state index in [-0.39, 0.29) is 22.6 Å². The lowest BCUT2D eigenvalue weighted by Gasteiger charge is -2.30. The van der Waals surface area contributed by atoms with Gasteiger partial charge >= 0.3 is 0 Å². The molecule has 7 nitrogen and oxygen atoms in total. The molecule has 26 heavy (non-hydrogen) atoms. The van der Waals surface area contributed by atoms with Crippen LogP contribution in [-0.4, -0.2) is 55.6 Å². The number of piperidine rings is 2. The molecule has 0 bridgehead atoms. The van der Waals surface area contributed by atoms with Crippen molar-refractivity contribution in [2.75, 3.05) is 26.2 Å². The number of rotatable bonds is 4. The van der Waals surface area contributed by atoms with Crippen LogP contribution in [0.15, 0.2) is 29.2 Å². The quantitative estimate of drug-likeness (QED) is 0.849. The van der Waals surface area contributed by atoms with Gasteiger partial charge in [0.05, 0.1) is 4.90 Å². The standard InChI is InChI=1S/C18H25N3O4S/c19-17(22)14-8-12-20(13-9-14)18(23)15-4-6-16(7-5-15)26(24,25)21-10-2-1-3-11-21/h4-7,14H,1-3,8-13H2,(H2,19,22). The summed E-state index contributed by atoms with van der Waals surface area (Å²) in [5.74, 6) is -0.629. The smallest absolute Gasteiger partial charge is 0.253 e. The van der Waals surface area contributed by atoms with Crippen LogP contribution >= 0.6 is 0 Å². The van der Waals surface area contributed by atoms with Crippen LogP contribution in [0.1, 0.15) is 42.5 Å².